The van der Waals surface area contributed by atoms with Crippen molar-refractivity contribution in [1.29, 1.82) is 0 Å². The van der Waals surface area contributed by atoms with Gasteiger partial charge in [-0.25, -0.2) is 8.42 Å². The Hall–Kier alpha value is -0.100. The van der Waals surface area contributed by atoms with Gasteiger partial charge < -0.3 is 4.74 Å². The van der Waals surface area contributed by atoms with E-state index in [4.69, 9.17) is 27.0 Å². The van der Waals surface area contributed by atoms with Crippen molar-refractivity contribution in [3.05, 3.63) is 23.2 Å². The Labute approximate surface area is 115 Å². The lowest BCUT2D eigenvalue weighted by Crippen LogP contribution is -2.02. The van der Waals surface area contributed by atoms with Crippen molar-refractivity contribution in [1.82, 2.24) is 0 Å². The molecule has 0 amide bonds. The van der Waals surface area contributed by atoms with Crippen LogP contribution >= 0.6 is 34.0 Å². The molecule has 17 heavy (non-hydrogen) atoms. The van der Waals surface area contributed by atoms with Crippen LogP contribution in [0, 0.1) is 0 Å². The van der Waals surface area contributed by atoms with Crippen molar-refractivity contribution >= 4 is 43.1 Å². The summed E-state index contributed by atoms with van der Waals surface area (Å²) in [6.45, 7) is 0.446. The molecule has 1 aromatic rings. The van der Waals surface area contributed by atoms with E-state index < -0.39 is 9.05 Å². The highest BCUT2D eigenvalue weighted by molar-refractivity contribution is 8.13. The minimum Gasteiger partial charge on any atom is -0.492 e. The molecule has 0 radical (unpaired) electrons. The van der Waals surface area contributed by atoms with Gasteiger partial charge in [-0.2, -0.15) is 11.8 Å². The molecule has 96 valence electrons. The van der Waals surface area contributed by atoms with Gasteiger partial charge in [0.1, 0.15) is 10.6 Å². The number of halogens is 2. The summed E-state index contributed by atoms with van der Waals surface area (Å²) in [5.41, 5.74) is 0. The minimum absolute atomic E-state index is 0.0872. The third-order valence-electron chi connectivity index (χ3n) is 1.92. The van der Waals surface area contributed by atoms with E-state index in [1.807, 2.05) is 6.26 Å². The highest BCUT2D eigenvalue weighted by Crippen LogP contribution is 2.29. The number of ether oxygens (including phenoxy) is 1. The summed E-state index contributed by atoms with van der Waals surface area (Å²) in [6.07, 6.45) is 2.84. The molecule has 0 aliphatic rings. The van der Waals surface area contributed by atoms with Gasteiger partial charge in [-0.05, 0) is 36.6 Å². The maximum Gasteiger partial charge on any atom is 0.265 e. The fourth-order valence-corrected chi connectivity index (χ4v) is 2.82. The number of hydrogen-bond donors (Lipinski definition) is 0. The Balaban J connectivity index is 2.84. The summed E-state index contributed by atoms with van der Waals surface area (Å²) in [6, 6.07) is 4.36. The largest absolute Gasteiger partial charge is 0.492 e. The van der Waals surface area contributed by atoms with Crippen molar-refractivity contribution in [2.75, 3.05) is 18.6 Å². The van der Waals surface area contributed by atoms with E-state index in [1.165, 1.54) is 12.1 Å². The monoisotopic (exact) mass is 314 g/mol. The molecule has 0 aromatic heterocycles. The quantitative estimate of drug-likeness (QED) is 0.596. The topological polar surface area (TPSA) is 43.4 Å². The molecular weight excluding hydrogens is 303 g/mol. The predicted molar refractivity (Wildman–Crippen MR) is 73.0 cm³/mol. The molecule has 0 aliphatic carbocycles. The Bertz CT molecular complexity index is 474. The molecule has 0 saturated heterocycles. The summed E-state index contributed by atoms with van der Waals surface area (Å²) >= 11 is 7.43. The fourth-order valence-electron chi connectivity index (χ4n) is 1.18. The van der Waals surface area contributed by atoms with Crippen LogP contribution in [0.4, 0.5) is 0 Å². The Kier molecular flexibility index (Phi) is 5.92. The molecular formula is C10H12Cl2O3S2. The van der Waals surface area contributed by atoms with Crippen LogP contribution in [0.1, 0.15) is 6.42 Å². The molecule has 0 atom stereocenters. The zero-order valence-electron chi connectivity index (χ0n) is 9.15. The molecule has 0 saturated carbocycles. The van der Waals surface area contributed by atoms with E-state index in [0.717, 1.165) is 12.2 Å². The zero-order valence-corrected chi connectivity index (χ0v) is 12.3. The average Bonchev–Trinajstić information content (AvgIpc) is 2.25. The number of benzene rings is 1. The third-order valence-corrected chi connectivity index (χ3v) is 4.19. The first-order chi connectivity index (χ1) is 7.95. The minimum atomic E-state index is -3.84. The summed E-state index contributed by atoms with van der Waals surface area (Å²) in [7, 11) is 1.46. The highest BCUT2D eigenvalue weighted by atomic mass is 35.7. The third kappa shape index (κ3) is 4.95. The number of rotatable bonds is 6. The van der Waals surface area contributed by atoms with Crippen LogP contribution in [0.15, 0.2) is 23.1 Å². The molecule has 0 fully saturated rings. The average molecular weight is 315 g/mol. The standard InChI is InChI=1S/C10H12Cl2O3S2/c1-16-6-2-5-15-9-4-3-8(11)7-10(9)17(12,13)14/h3-4,7H,2,5-6H2,1H3. The summed E-state index contributed by atoms with van der Waals surface area (Å²) in [4.78, 5) is -0.0872. The van der Waals surface area contributed by atoms with Gasteiger partial charge in [0.05, 0.1) is 6.61 Å². The van der Waals surface area contributed by atoms with Crippen molar-refractivity contribution in [3.8, 4) is 5.75 Å². The van der Waals surface area contributed by atoms with Gasteiger partial charge in [-0.15, -0.1) is 0 Å². The molecule has 0 heterocycles. The molecule has 0 N–H and O–H groups in total. The summed E-state index contributed by atoms with van der Waals surface area (Å²) < 4.78 is 28.0. The normalized spacial score (nSPS) is 11.5. The SMILES string of the molecule is CSCCCOc1ccc(Cl)cc1S(=O)(=O)Cl. The van der Waals surface area contributed by atoms with E-state index in [2.05, 4.69) is 0 Å². The summed E-state index contributed by atoms with van der Waals surface area (Å²) in [5, 5.41) is 0.306. The smallest absolute Gasteiger partial charge is 0.265 e. The lowest BCUT2D eigenvalue weighted by molar-refractivity contribution is 0.311. The van der Waals surface area contributed by atoms with Crippen LogP contribution in [0.25, 0.3) is 0 Å². The number of hydrogen-bond acceptors (Lipinski definition) is 4. The molecule has 3 nitrogen and oxygen atoms in total. The Morgan fingerprint density at radius 1 is 1.41 bits per heavy atom. The van der Waals surface area contributed by atoms with E-state index in [9.17, 15) is 8.42 Å². The molecule has 7 heteroatoms. The van der Waals surface area contributed by atoms with E-state index >= 15 is 0 Å². The van der Waals surface area contributed by atoms with E-state index in [1.54, 1.807) is 17.8 Å². The Morgan fingerprint density at radius 2 is 2.12 bits per heavy atom. The molecule has 1 aromatic carbocycles. The molecule has 0 bridgehead atoms. The van der Waals surface area contributed by atoms with Crippen LogP contribution < -0.4 is 4.74 Å². The fraction of sp³-hybridized carbons (Fsp3) is 0.400. The second-order valence-corrected chi connectivity index (χ2v) is 7.18. The van der Waals surface area contributed by atoms with Crippen molar-refractivity contribution < 1.29 is 13.2 Å². The van der Waals surface area contributed by atoms with Gasteiger partial charge in [0.25, 0.3) is 9.05 Å². The van der Waals surface area contributed by atoms with E-state index in [-0.39, 0.29) is 10.6 Å². The maximum absolute atomic E-state index is 11.3. The second kappa shape index (κ2) is 6.73. The van der Waals surface area contributed by atoms with Gasteiger partial charge in [-0.1, -0.05) is 11.6 Å². The van der Waals surface area contributed by atoms with Crippen LogP contribution in [-0.4, -0.2) is 27.0 Å². The predicted octanol–water partition coefficient (Wildman–Crippen LogP) is 3.40. The Morgan fingerprint density at radius 3 is 2.71 bits per heavy atom. The van der Waals surface area contributed by atoms with Gasteiger partial charge in [-0.3, -0.25) is 0 Å². The van der Waals surface area contributed by atoms with Crippen LogP contribution in [0.2, 0.25) is 5.02 Å². The maximum atomic E-state index is 11.3. The van der Waals surface area contributed by atoms with Crippen molar-refractivity contribution in [2.45, 2.75) is 11.3 Å². The molecule has 1 rings (SSSR count). The second-order valence-electron chi connectivity index (χ2n) is 3.22. The van der Waals surface area contributed by atoms with Crippen molar-refractivity contribution in [3.63, 3.8) is 0 Å². The van der Waals surface area contributed by atoms with Gasteiger partial charge in [0.2, 0.25) is 0 Å². The van der Waals surface area contributed by atoms with Gasteiger partial charge >= 0.3 is 0 Å². The lowest BCUT2D eigenvalue weighted by Gasteiger charge is -2.09. The lowest BCUT2D eigenvalue weighted by atomic mass is 10.3. The first kappa shape index (κ1) is 15.0. The molecule has 0 unspecified atom stereocenters. The van der Waals surface area contributed by atoms with Crippen LogP contribution in [0.5, 0.6) is 5.75 Å². The zero-order chi connectivity index (χ0) is 12.9. The summed E-state index contributed by atoms with van der Waals surface area (Å²) in [5.74, 6) is 1.20. The van der Waals surface area contributed by atoms with E-state index in [0.29, 0.717) is 11.6 Å². The van der Waals surface area contributed by atoms with Crippen LogP contribution in [-0.2, 0) is 9.05 Å². The van der Waals surface area contributed by atoms with Crippen LogP contribution in [0.3, 0.4) is 0 Å². The first-order valence-corrected chi connectivity index (χ1v) is 8.89. The van der Waals surface area contributed by atoms with Gasteiger partial charge in [0, 0.05) is 15.7 Å². The van der Waals surface area contributed by atoms with Crippen molar-refractivity contribution in [2.24, 2.45) is 0 Å². The highest BCUT2D eigenvalue weighted by Gasteiger charge is 2.17. The van der Waals surface area contributed by atoms with Gasteiger partial charge in [0.15, 0.2) is 0 Å². The first-order valence-electron chi connectivity index (χ1n) is 4.81. The molecule has 0 aliphatic heterocycles. The number of thioether (sulfide) groups is 1. The molecule has 0 spiro atoms.